The Hall–Kier alpha value is -1.42. The van der Waals surface area contributed by atoms with Crippen LogP contribution >= 0.6 is 34.8 Å². The molecule has 0 aromatic heterocycles. The zero-order valence-electron chi connectivity index (χ0n) is 10.5. The van der Waals surface area contributed by atoms with Crippen LogP contribution in [0.5, 0.6) is 0 Å². The Kier molecular flexibility index (Phi) is 4.43. The number of hydrogen-bond donors (Lipinski definition) is 2. The van der Waals surface area contributed by atoms with Gasteiger partial charge in [0.25, 0.3) is 5.91 Å². The largest absolute Gasteiger partial charge is 0.399 e. The molecule has 0 aliphatic rings. The van der Waals surface area contributed by atoms with E-state index < -0.39 is 0 Å². The van der Waals surface area contributed by atoms with Gasteiger partial charge in [0, 0.05) is 21.3 Å². The molecule has 2 aromatic carbocycles. The SMILES string of the molecule is Cc1cc(Cl)c(NC(=O)c2cc(N)cc(Cl)c2)cc1Cl. The summed E-state index contributed by atoms with van der Waals surface area (Å²) in [6, 6.07) is 7.91. The molecule has 3 N–H and O–H groups in total. The molecule has 0 bridgehead atoms. The molecule has 0 radical (unpaired) electrons. The fourth-order valence-electron chi connectivity index (χ4n) is 1.68. The van der Waals surface area contributed by atoms with Gasteiger partial charge in [0.05, 0.1) is 10.7 Å². The van der Waals surface area contributed by atoms with Gasteiger partial charge in [0.1, 0.15) is 0 Å². The van der Waals surface area contributed by atoms with Gasteiger partial charge in [-0.05, 0) is 42.8 Å². The summed E-state index contributed by atoms with van der Waals surface area (Å²) in [5, 5.41) is 4.01. The summed E-state index contributed by atoms with van der Waals surface area (Å²) in [5.74, 6) is -0.360. The second-order valence-electron chi connectivity index (χ2n) is 4.31. The van der Waals surface area contributed by atoms with Crippen molar-refractivity contribution in [2.75, 3.05) is 11.1 Å². The normalized spacial score (nSPS) is 10.4. The second kappa shape index (κ2) is 5.92. The highest BCUT2D eigenvalue weighted by Gasteiger charge is 2.11. The summed E-state index contributed by atoms with van der Waals surface area (Å²) in [4.78, 5) is 12.1. The summed E-state index contributed by atoms with van der Waals surface area (Å²) in [6.07, 6.45) is 0. The van der Waals surface area contributed by atoms with E-state index in [-0.39, 0.29) is 5.91 Å². The molecule has 20 heavy (non-hydrogen) atoms. The lowest BCUT2D eigenvalue weighted by molar-refractivity contribution is 0.102. The number of carbonyl (C=O) groups excluding carboxylic acids is 1. The first kappa shape index (κ1) is 15.0. The molecule has 0 saturated heterocycles. The van der Waals surface area contributed by atoms with Crippen LogP contribution in [0.4, 0.5) is 11.4 Å². The maximum Gasteiger partial charge on any atom is 0.255 e. The van der Waals surface area contributed by atoms with Gasteiger partial charge in [0.2, 0.25) is 0 Å². The molecule has 0 heterocycles. The minimum absolute atomic E-state index is 0.350. The molecule has 3 nitrogen and oxygen atoms in total. The minimum Gasteiger partial charge on any atom is -0.399 e. The first-order valence-corrected chi connectivity index (χ1v) is 6.83. The van der Waals surface area contributed by atoms with E-state index in [0.29, 0.717) is 32.0 Å². The van der Waals surface area contributed by atoms with Gasteiger partial charge in [-0.15, -0.1) is 0 Å². The van der Waals surface area contributed by atoms with Gasteiger partial charge in [-0.3, -0.25) is 4.79 Å². The number of nitrogen functional groups attached to an aromatic ring is 1. The molecule has 0 aliphatic heterocycles. The van der Waals surface area contributed by atoms with Gasteiger partial charge >= 0.3 is 0 Å². The molecule has 104 valence electrons. The number of carbonyl (C=O) groups is 1. The topological polar surface area (TPSA) is 55.1 Å². The zero-order chi connectivity index (χ0) is 14.9. The lowest BCUT2D eigenvalue weighted by atomic mass is 10.1. The lowest BCUT2D eigenvalue weighted by Crippen LogP contribution is -2.12. The van der Waals surface area contributed by atoms with Crippen molar-refractivity contribution in [3.05, 3.63) is 56.5 Å². The summed E-state index contributed by atoms with van der Waals surface area (Å²) >= 11 is 18.0. The highest BCUT2D eigenvalue weighted by Crippen LogP contribution is 2.29. The van der Waals surface area contributed by atoms with Crippen LogP contribution in [-0.2, 0) is 0 Å². The first-order valence-electron chi connectivity index (χ1n) is 5.70. The Balaban J connectivity index is 2.30. The van der Waals surface area contributed by atoms with Crippen molar-refractivity contribution in [3.8, 4) is 0 Å². The quantitative estimate of drug-likeness (QED) is 0.778. The van der Waals surface area contributed by atoms with E-state index in [4.69, 9.17) is 40.5 Å². The summed E-state index contributed by atoms with van der Waals surface area (Å²) in [6.45, 7) is 1.83. The molecular weight excluding hydrogens is 319 g/mol. The van der Waals surface area contributed by atoms with Crippen LogP contribution in [0.3, 0.4) is 0 Å². The van der Waals surface area contributed by atoms with Crippen molar-refractivity contribution in [2.24, 2.45) is 0 Å². The van der Waals surface area contributed by atoms with Crippen LogP contribution in [-0.4, -0.2) is 5.91 Å². The van der Waals surface area contributed by atoms with E-state index in [1.807, 2.05) is 6.92 Å². The molecule has 0 spiro atoms. The number of anilines is 2. The predicted molar refractivity (Wildman–Crippen MR) is 85.0 cm³/mol. The van der Waals surface area contributed by atoms with Crippen molar-refractivity contribution in [3.63, 3.8) is 0 Å². The van der Waals surface area contributed by atoms with Crippen molar-refractivity contribution in [1.29, 1.82) is 0 Å². The number of aryl methyl sites for hydroxylation is 1. The molecule has 0 atom stereocenters. The van der Waals surface area contributed by atoms with Crippen molar-refractivity contribution in [1.82, 2.24) is 0 Å². The maximum absolute atomic E-state index is 12.1. The number of rotatable bonds is 2. The van der Waals surface area contributed by atoms with E-state index in [2.05, 4.69) is 5.32 Å². The summed E-state index contributed by atoms with van der Waals surface area (Å²) < 4.78 is 0. The standard InChI is InChI=1S/C14H11Cl3N2O/c1-7-2-12(17)13(6-11(7)16)19-14(20)8-3-9(15)5-10(18)4-8/h2-6H,18H2,1H3,(H,19,20). The number of nitrogens with one attached hydrogen (secondary N) is 1. The van der Waals surface area contributed by atoms with Gasteiger partial charge in [-0.25, -0.2) is 0 Å². The van der Waals surface area contributed by atoms with E-state index in [0.717, 1.165) is 5.56 Å². The van der Waals surface area contributed by atoms with Gasteiger partial charge in [0.15, 0.2) is 0 Å². The maximum atomic E-state index is 12.1. The average molecular weight is 330 g/mol. The zero-order valence-corrected chi connectivity index (χ0v) is 12.8. The third-order valence-corrected chi connectivity index (χ3v) is 3.62. The molecule has 1 amide bonds. The van der Waals surface area contributed by atoms with E-state index >= 15 is 0 Å². The average Bonchev–Trinajstić information content (AvgIpc) is 2.34. The Morgan fingerprint density at radius 3 is 2.40 bits per heavy atom. The fraction of sp³-hybridized carbons (Fsp3) is 0.0714. The Bertz CT molecular complexity index is 666. The summed E-state index contributed by atoms with van der Waals surface area (Å²) in [5.41, 5.74) is 7.69. The van der Waals surface area contributed by atoms with Crippen molar-refractivity contribution >= 4 is 52.1 Å². The van der Waals surface area contributed by atoms with Crippen molar-refractivity contribution < 1.29 is 4.79 Å². The molecule has 0 saturated carbocycles. The van der Waals surface area contributed by atoms with E-state index in [1.165, 1.54) is 12.1 Å². The Morgan fingerprint density at radius 1 is 1.05 bits per heavy atom. The molecule has 2 aromatic rings. The van der Waals surface area contributed by atoms with Crippen LogP contribution in [0.25, 0.3) is 0 Å². The van der Waals surface area contributed by atoms with Gasteiger partial charge < -0.3 is 11.1 Å². The third kappa shape index (κ3) is 3.37. The highest BCUT2D eigenvalue weighted by atomic mass is 35.5. The molecule has 0 aliphatic carbocycles. The lowest BCUT2D eigenvalue weighted by Gasteiger charge is -2.10. The highest BCUT2D eigenvalue weighted by molar-refractivity contribution is 6.36. The van der Waals surface area contributed by atoms with E-state index in [1.54, 1.807) is 18.2 Å². The van der Waals surface area contributed by atoms with Crippen LogP contribution in [0.1, 0.15) is 15.9 Å². The second-order valence-corrected chi connectivity index (χ2v) is 5.56. The number of amides is 1. The smallest absolute Gasteiger partial charge is 0.255 e. The predicted octanol–water partition coefficient (Wildman–Crippen LogP) is 4.79. The Labute approximate surface area is 131 Å². The molecule has 6 heteroatoms. The molecule has 0 fully saturated rings. The molecular formula is C14H11Cl3N2O. The van der Waals surface area contributed by atoms with Crippen LogP contribution in [0.2, 0.25) is 15.1 Å². The number of benzene rings is 2. The number of nitrogens with two attached hydrogens (primary N) is 1. The van der Waals surface area contributed by atoms with Crippen LogP contribution in [0, 0.1) is 6.92 Å². The summed E-state index contributed by atoms with van der Waals surface area (Å²) in [7, 11) is 0. The minimum atomic E-state index is -0.360. The monoisotopic (exact) mass is 328 g/mol. The molecule has 0 unspecified atom stereocenters. The first-order chi connectivity index (χ1) is 9.36. The Morgan fingerprint density at radius 2 is 1.75 bits per heavy atom. The van der Waals surface area contributed by atoms with Crippen LogP contribution in [0.15, 0.2) is 30.3 Å². The molecule has 2 rings (SSSR count). The van der Waals surface area contributed by atoms with Crippen molar-refractivity contribution in [2.45, 2.75) is 6.92 Å². The van der Waals surface area contributed by atoms with Crippen LogP contribution < -0.4 is 11.1 Å². The third-order valence-electron chi connectivity index (χ3n) is 2.68. The van der Waals surface area contributed by atoms with E-state index in [9.17, 15) is 4.79 Å². The fourth-order valence-corrected chi connectivity index (χ4v) is 2.35. The number of hydrogen-bond acceptors (Lipinski definition) is 2. The van der Waals surface area contributed by atoms with Gasteiger partial charge in [-0.1, -0.05) is 34.8 Å². The van der Waals surface area contributed by atoms with Gasteiger partial charge in [-0.2, -0.15) is 0 Å². The number of halogens is 3.